The van der Waals surface area contributed by atoms with Crippen molar-refractivity contribution in [2.24, 2.45) is 5.73 Å². The first-order valence-electron chi connectivity index (χ1n) is 6.66. The fraction of sp³-hybridized carbons (Fsp3) is 0.250. The summed E-state index contributed by atoms with van der Waals surface area (Å²) in [6.45, 7) is 4.65. The van der Waals surface area contributed by atoms with E-state index in [9.17, 15) is 0 Å². The molecule has 1 aromatic carbocycles. The highest BCUT2D eigenvalue weighted by atomic mass is 32.1. The van der Waals surface area contributed by atoms with Gasteiger partial charge in [0.1, 0.15) is 24.0 Å². The van der Waals surface area contributed by atoms with Crippen molar-refractivity contribution in [1.29, 1.82) is 0 Å². The fourth-order valence-electron chi connectivity index (χ4n) is 2.02. The van der Waals surface area contributed by atoms with Crippen LogP contribution in [0, 0.1) is 13.8 Å². The van der Waals surface area contributed by atoms with Crippen molar-refractivity contribution < 1.29 is 9.47 Å². The maximum absolute atomic E-state index is 5.74. The number of aromatic nitrogens is 1. The Morgan fingerprint density at radius 3 is 2.48 bits per heavy atom. The number of ether oxygens (including phenoxy) is 2. The van der Waals surface area contributed by atoms with Gasteiger partial charge in [0, 0.05) is 5.69 Å². The summed E-state index contributed by atoms with van der Waals surface area (Å²) in [6, 6.07) is 11.5. The molecular formula is C16H18N2O2S. The summed E-state index contributed by atoms with van der Waals surface area (Å²) >= 11 is 5.06. The molecule has 21 heavy (non-hydrogen) atoms. The van der Waals surface area contributed by atoms with Crippen LogP contribution in [0.25, 0.3) is 0 Å². The van der Waals surface area contributed by atoms with Crippen LogP contribution in [-0.2, 0) is 0 Å². The van der Waals surface area contributed by atoms with Gasteiger partial charge in [0.15, 0.2) is 0 Å². The molecule has 2 N–H and O–H groups in total. The Kier molecular flexibility index (Phi) is 5.11. The molecule has 0 atom stereocenters. The normalized spacial score (nSPS) is 10.2. The van der Waals surface area contributed by atoms with Crippen molar-refractivity contribution >= 4 is 17.2 Å². The Labute approximate surface area is 129 Å². The van der Waals surface area contributed by atoms with E-state index in [0.29, 0.717) is 29.6 Å². The number of para-hydroxylation sites is 1. The van der Waals surface area contributed by atoms with Crippen LogP contribution in [0.3, 0.4) is 0 Å². The quantitative estimate of drug-likeness (QED) is 0.657. The Hall–Kier alpha value is -2.14. The Morgan fingerprint density at radius 1 is 1.14 bits per heavy atom. The zero-order chi connectivity index (χ0) is 15.2. The van der Waals surface area contributed by atoms with E-state index in [4.69, 9.17) is 27.4 Å². The number of benzene rings is 1. The number of nitrogens with two attached hydrogens (primary N) is 1. The van der Waals surface area contributed by atoms with Crippen molar-refractivity contribution in [3.05, 3.63) is 53.2 Å². The van der Waals surface area contributed by atoms with Crippen LogP contribution in [0.4, 0.5) is 0 Å². The minimum atomic E-state index is 0.291. The highest BCUT2D eigenvalue weighted by Gasteiger charge is 2.12. The first-order valence-corrected chi connectivity index (χ1v) is 7.07. The average molecular weight is 302 g/mol. The smallest absolute Gasteiger partial charge is 0.224 e. The average Bonchev–Trinajstić information content (AvgIpc) is 2.43. The van der Waals surface area contributed by atoms with Crippen LogP contribution in [0.2, 0.25) is 0 Å². The molecule has 1 heterocycles. The lowest BCUT2D eigenvalue weighted by Gasteiger charge is -2.13. The Bertz CT molecular complexity index is 630. The summed E-state index contributed by atoms with van der Waals surface area (Å²) in [5.41, 5.74) is 8.26. The van der Waals surface area contributed by atoms with Crippen LogP contribution >= 0.6 is 12.2 Å². The summed E-state index contributed by atoms with van der Waals surface area (Å²) in [4.78, 5) is 4.65. The Morgan fingerprint density at radius 2 is 1.81 bits per heavy atom. The predicted molar refractivity (Wildman–Crippen MR) is 87.0 cm³/mol. The molecule has 2 rings (SSSR count). The number of nitrogens with zero attached hydrogens (tertiary/aromatic N) is 1. The molecule has 0 fully saturated rings. The number of thiocarbonyl (C=S) groups is 1. The molecule has 0 bridgehead atoms. The lowest BCUT2D eigenvalue weighted by atomic mass is 10.1. The second-order valence-corrected chi connectivity index (χ2v) is 5.07. The van der Waals surface area contributed by atoms with Crippen molar-refractivity contribution in [3.63, 3.8) is 0 Å². The number of hydrogen-bond donors (Lipinski definition) is 1. The molecule has 0 radical (unpaired) electrons. The van der Waals surface area contributed by atoms with Gasteiger partial charge in [0.25, 0.3) is 0 Å². The van der Waals surface area contributed by atoms with Crippen LogP contribution < -0.4 is 15.2 Å². The lowest BCUT2D eigenvalue weighted by Crippen LogP contribution is -2.17. The molecule has 1 aromatic heterocycles. The van der Waals surface area contributed by atoms with Crippen molar-refractivity contribution in [2.75, 3.05) is 13.2 Å². The van der Waals surface area contributed by atoms with Crippen molar-refractivity contribution in [3.8, 4) is 11.6 Å². The second kappa shape index (κ2) is 7.04. The minimum Gasteiger partial charge on any atom is -0.490 e. The van der Waals surface area contributed by atoms with Gasteiger partial charge in [-0.3, -0.25) is 0 Å². The standard InChI is InChI=1S/C16H18N2O2S/c1-11-10-12(2)18-16(14(11)15(17)21)20-9-8-19-13-6-4-3-5-7-13/h3-7,10H,8-9H2,1-2H3,(H2,17,21). The third-order valence-electron chi connectivity index (χ3n) is 2.89. The molecule has 0 amide bonds. The number of pyridine rings is 1. The summed E-state index contributed by atoms with van der Waals surface area (Å²) < 4.78 is 11.2. The van der Waals surface area contributed by atoms with E-state index in [1.807, 2.05) is 50.2 Å². The number of rotatable bonds is 6. The molecule has 0 saturated carbocycles. The van der Waals surface area contributed by atoms with Crippen LogP contribution in [0.5, 0.6) is 11.6 Å². The van der Waals surface area contributed by atoms with Gasteiger partial charge >= 0.3 is 0 Å². The first-order chi connectivity index (χ1) is 10.1. The van der Waals surface area contributed by atoms with Gasteiger partial charge in [-0.15, -0.1) is 0 Å². The summed E-state index contributed by atoms with van der Waals surface area (Å²) in [5.74, 6) is 1.28. The van der Waals surface area contributed by atoms with E-state index in [2.05, 4.69) is 4.98 Å². The van der Waals surface area contributed by atoms with Crippen LogP contribution in [0.15, 0.2) is 36.4 Å². The van der Waals surface area contributed by atoms with E-state index in [1.54, 1.807) is 0 Å². The molecular weight excluding hydrogens is 284 g/mol. The van der Waals surface area contributed by atoms with Crippen LogP contribution in [-0.4, -0.2) is 23.2 Å². The van der Waals surface area contributed by atoms with Gasteiger partial charge in [-0.1, -0.05) is 30.4 Å². The van der Waals surface area contributed by atoms with E-state index in [1.165, 1.54) is 0 Å². The molecule has 0 aliphatic heterocycles. The van der Waals surface area contributed by atoms with Gasteiger partial charge in [0.05, 0.1) is 5.56 Å². The molecule has 0 unspecified atom stereocenters. The molecule has 0 aliphatic carbocycles. The van der Waals surface area contributed by atoms with E-state index < -0.39 is 0 Å². The maximum atomic E-state index is 5.74. The van der Waals surface area contributed by atoms with Gasteiger partial charge in [-0.25, -0.2) is 4.98 Å². The monoisotopic (exact) mass is 302 g/mol. The maximum Gasteiger partial charge on any atom is 0.224 e. The largest absolute Gasteiger partial charge is 0.490 e. The van der Waals surface area contributed by atoms with E-state index >= 15 is 0 Å². The topological polar surface area (TPSA) is 57.4 Å². The van der Waals surface area contributed by atoms with Crippen molar-refractivity contribution in [1.82, 2.24) is 4.98 Å². The Balaban J connectivity index is 1.98. The number of aryl methyl sites for hydroxylation is 2. The zero-order valence-electron chi connectivity index (χ0n) is 12.1. The molecule has 0 spiro atoms. The van der Waals surface area contributed by atoms with E-state index in [0.717, 1.165) is 17.0 Å². The molecule has 5 heteroatoms. The van der Waals surface area contributed by atoms with E-state index in [-0.39, 0.29) is 0 Å². The second-order valence-electron chi connectivity index (χ2n) is 4.63. The van der Waals surface area contributed by atoms with Gasteiger partial charge in [0.2, 0.25) is 5.88 Å². The fourth-order valence-corrected chi connectivity index (χ4v) is 2.27. The van der Waals surface area contributed by atoms with Gasteiger partial charge in [-0.2, -0.15) is 0 Å². The predicted octanol–water partition coefficient (Wildman–Crippen LogP) is 2.79. The summed E-state index contributed by atoms with van der Waals surface area (Å²) in [7, 11) is 0. The number of hydrogen-bond acceptors (Lipinski definition) is 4. The highest BCUT2D eigenvalue weighted by Crippen LogP contribution is 2.20. The van der Waals surface area contributed by atoms with Crippen LogP contribution in [0.1, 0.15) is 16.8 Å². The zero-order valence-corrected chi connectivity index (χ0v) is 12.9. The molecule has 110 valence electrons. The third-order valence-corrected chi connectivity index (χ3v) is 3.10. The molecule has 0 saturated heterocycles. The molecule has 2 aromatic rings. The first kappa shape index (κ1) is 15.3. The third kappa shape index (κ3) is 4.16. The molecule has 0 aliphatic rings. The molecule has 4 nitrogen and oxygen atoms in total. The van der Waals surface area contributed by atoms with Crippen molar-refractivity contribution in [2.45, 2.75) is 13.8 Å². The summed E-state index contributed by atoms with van der Waals surface area (Å²) in [5, 5.41) is 0. The highest BCUT2D eigenvalue weighted by molar-refractivity contribution is 7.80. The van der Waals surface area contributed by atoms with Gasteiger partial charge in [-0.05, 0) is 37.6 Å². The lowest BCUT2D eigenvalue weighted by molar-refractivity contribution is 0.211. The minimum absolute atomic E-state index is 0.291. The SMILES string of the molecule is Cc1cc(C)c(C(N)=S)c(OCCOc2ccccc2)n1. The summed E-state index contributed by atoms with van der Waals surface area (Å²) in [6.07, 6.45) is 0. The van der Waals surface area contributed by atoms with Gasteiger partial charge < -0.3 is 15.2 Å².